The van der Waals surface area contributed by atoms with E-state index >= 15 is 0 Å². The summed E-state index contributed by atoms with van der Waals surface area (Å²) in [6, 6.07) is 3.77. The van der Waals surface area contributed by atoms with Crippen LogP contribution < -0.4 is 26.7 Å². The van der Waals surface area contributed by atoms with Crippen LogP contribution in [-0.2, 0) is 24.0 Å². The van der Waals surface area contributed by atoms with Crippen molar-refractivity contribution in [3.63, 3.8) is 0 Å². The summed E-state index contributed by atoms with van der Waals surface area (Å²) in [4.78, 5) is 74.3. The molecule has 0 bridgehead atoms. The molecule has 0 unspecified atom stereocenters. The van der Waals surface area contributed by atoms with Crippen LogP contribution >= 0.6 is 11.6 Å². The summed E-state index contributed by atoms with van der Waals surface area (Å²) in [5.74, 6) is -2.46. The van der Waals surface area contributed by atoms with E-state index in [2.05, 4.69) is 26.7 Å². The molecule has 12 nitrogen and oxygen atoms in total. The number of carbonyl (C=O) groups is 5. The van der Waals surface area contributed by atoms with E-state index in [4.69, 9.17) is 16.4 Å². The van der Waals surface area contributed by atoms with Gasteiger partial charge in [-0.3, -0.25) is 29.5 Å². The molecule has 1 saturated heterocycles. The minimum atomic E-state index is -1.08. The summed E-state index contributed by atoms with van der Waals surface area (Å²) in [5.41, 5.74) is 2.56. The Bertz CT molecular complexity index is 1390. The maximum atomic E-state index is 14.3. The Labute approximate surface area is 268 Å². The molecule has 1 spiro atoms. The number of rotatable bonds is 11. The van der Waals surface area contributed by atoms with Gasteiger partial charge in [0.15, 0.2) is 0 Å². The van der Waals surface area contributed by atoms with Crippen molar-refractivity contribution in [2.24, 2.45) is 5.41 Å². The fourth-order valence-corrected chi connectivity index (χ4v) is 5.88. The van der Waals surface area contributed by atoms with Gasteiger partial charge in [0.1, 0.15) is 17.7 Å². The SMILES string of the molecule is CCC[C@H](NC(=O)[C@@H]1C[C@]2(C=C(c3cccc(Cl)c3)NO2)CN1C(=O)[C@@H](NC(=O)NC1CC1)C(C)(C)C)C(=O)C(=O)NC1CC1. The Kier molecular flexibility index (Phi) is 9.46. The lowest BCUT2D eigenvalue weighted by Gasteiger charge is -2.35. The van der Waals surface area contributed by atoms with Gasteiger partial charge in [0.05, 0.1) is 18.3 Å². The van der Waals surface area contributed by atoms with Gasteiger partial charge in [-0.05, 0) is 55.7 Å². The van der Waals surface area contributed by atoms with Crippen molar-refractivity contribution in [3.8, 4) is 0 Å². The van der Waals surface area contributed by atoms with Crippen LogP contribution in [0.2, 0.25) is 5.02 Å². The second-order valence-electron chi connectivity index (χ2n) is 13.7. The highest BCUT2D eigenvalue weighted by Crippen LogP contribution is 2.39. The monoisotopic (exact) mass is 642 g/mol. The number of hydroxylamine groups is 1. The van der Waals surface area contributed by atoms with Gasteiger partial charge in [0.25, 0.3) is 5.91 Å². The average Bonchev–Trinajstić information content (AvgIpc) is 3.91. The van der Waals surface area contributed by atoms with E-state index in [9.17, 15) is 24.0 Å². The molecule has 5 amide bonds. The number of urea groups is 1. The first-order chi connectivity index (χ1) is 21.3. The zero-order valence-electron chi connectivity index (χ0n) is 26.2. The molecule has 4 aliphatic rings. The number of Topliss-reactive ketones (excluding diaryl/α,β-unsaturated/α-hetero) is 1. The molecule has 2 aliphatic heterocycles. The highest BCUT2D eigenvalue weighted by atomic mass is 35.5. The zero-order chi connectivity index (χ0) is 32.5. The molecule has 13 heteroatoms. The summed E-state index contributed by atoms with van der Waals surface area (Å²) >= 11 is 6.21. The fourth-order valence-electron chi connectivity index (χ4n) is 5.69. The van der Waals surface area contributed by atoms with Crippen LogP contribution in [0.4, 0.5) is 4.79 Å². The first-order valence-electron chi connectivity index (χ1n) is 15.7. The van der Waals surface area contributed by atoms with E-state index in [0.29, 0.717) is 17.1 Å². The number of ketones is 1. The van der Waals surface area contributed by atoms with Gasteiger partial charge in [-0.25, -0.2) is 4.79 Å². The number of carbonyl (C=O) groups excluding carboxylic acids is 5. The first-order valence-corrected chi connectivity index (χ1v) is 16.1. The molecule has 1 aromatic carbocycles. The third-order valence-corrected chi connectivity index (χ3v) is 8.73. The van der Waals surface area contributed by atoms with Crippen LogP contribution in [0.25, 0.3) is 5.70 Å². The molecule has 5 N–H and O–H groups in total. The smallest absolute Gasteiger partial charge is 0.315 e. The van der Waals surface area contributed by atoms with Crippen molar-refractivity contribution in [3.05, 3.63) is 40.9 Å². The van der Waals surface area contributed by atoms with Crippen molar-refractivity contribution in [1.82, 2.24) is 31.6 Å². The number of benzene rings is 1. The van der Waals surface area contributed by atoms with E-state index in [1.807, 2.05) is 45.9 Å². The molecule has 2 heterocycles. The number of halogens is 1. The number of likely N-dealkylation sites (tertiary alicyclic amines) is 1. The molecule has 0 aromatic heterocycles. The lowest BCUT2D eigenvalue weighted by atomic mass is 9.85. The number of amides is 5. The molecule has 244 valence electrons. The van der Waals surface area contributed by atoms with E-state index in [1.54, 1.807) is 12.1 Å². The molecule has 0 radical (unpaired) electrons. The highest BCUT2D eigenvalue weighted by Gasteiger charge is 2.54. The minimum absolute atomic E-state index is 0.00586. The lowest BCUT2D eigenvalue weighted by Crippen LogP contribution is -2.60. The van der Waals surface area contributed by atoms with Crippen molar-refractivity contribution in [1.29, 1.82) is 0 Å². The predicted molar refractivity (Wildman–Crippen MR) is 167 cm³/mol. The van der Waals surface area contributed by atoms with Crippen LogP contribution in [0.3, 0.4) is 0 Å². The molecule has 45 heavy (non-hydrogen) atoms. The maximum Gasteiger partial charge on any atom is 0.315 e. The zero-order valence-corrected chi connectivity index (χ0v) is 27.0. The largest absolute Gasteiger partial charge is 0.347 e. The van der Waals surface area contributed by atoms with Crippen molar-refractivity contribution in [2.75, 3.05) is 6.54 Å². The Balaban J connectivity index is 1.42. The summed E-state index contributed by atoms with van der Waals surface area (Å²) in [7, 11) is 0. The third-order valence-electron chi connectivity index (χ3n) is 8.49. The Morgan fingerprint density at radius 1 is 1.07 bits per heavy atom. The van der Waals surface area contributed by atoms with Gasteiger partial charge in [-0.15, -0.1) is 0 Å². The minimum Gasteiger partial charge on any atom is -0.347 e. The van der Waals surface area contributed by atoms with Crippen LogP contribution in [0.15, 0.2) is 30.3 Å². The van der Waals surface area contributed by atoms with Gasteiger partial charge in [0, 0.05) is 29.1 Å². The molecule has 5 rings (SSSR count). The van der Waals surface area contributed by atoms with Crippen molar-refractivity contribution >= 4 is 46.8 Å². The molecule has 4 atom stereocenters. The second-order valence-corrected chi connectivity index (χ2v) is 14.1. The van der Waals surface area contributed by atoms with E-state index in [-0.39, 0.29) is 31.5 Å². The van der Waals surface area contributed by atoms with Gasteiger partial charge in [0.2, 0.25) is 17.6 Å². The molecule has 1 aromatic rings. The second kappa shape index (κ2) is 13.0. The normalized spacial score (nSPS) is 23.9. The van der Waals surface area contributed by atoms with E-state index < -0.39 is 58.7 Å². The average molecular weight is 643 g/mol. The predicted octanol–water partition coefficient (Wildman–Crippen LogP) is 2.56. The van der Waals surface area contributed by atoms with Crippen LogP contribution in [0, 0.1) is 5.41 Å². The molecule has 2 saturated carbocycles. The summed E-state index contributed by atoms with van der Waals surface area (Å²) in [6.45, 7) is 7.39. The quantitative estimate of drug-likeness (QED) is 0.232. The maximum absolute atomic E-state index is 14.3. The Morgan fingerprint density at radius 2 is 1.76 bits per heavy atom. The molecule has 3 fully saturated rings. The van der Waals surface area contributed by atoms with Gasteiger partial charge in [-0.1, -0.05) is 57.8 Å². The Morgan fingerprint density at radius 3 is 2.38 bits per heavy atom. The highest BCUT2D eigenvalue weighted by molar-refractivity contribution is 6.38. The molecule has 2 aliphatic carbocycles. The van der Waals surface area contributed by atoms with Gasteiger partial charge in [-0.2, -0.15) is 0 Å². The molecular formula is C32H43ClN6O6. The number of nitrogens with zero attached hydrogens (tertiary/aromatic N) is 1. The standard InChI is InChI=1S/C32H43ClN6O6/c1-5-7-22(25(40)28(42)34-20-10-11-20)36-27(41)24-16-32(15-23(38-45-32)18-8-6-9-19(33)14-18)17-39(24)29(43)26(31(2,3)4)37-30(44)35-21-12-13-21/h6,8-9,14-15,20-22,24,26,38H,5,7,10-13,16-17H2,1-4H3,(H,34,42)(H,36,41)(H2,35,37,44)/t22-,24-,26+,32+/m0/s1. The molecular weight excluding hydrogens is 600 g/mol. The number of hydrogen-bond donors (Lipinski definition) is 5. The number of hydrogen-bond acceptors (Lipinski definition) is 7. The van der Waals surface area contributed by atoms with E-state index in [0.717, 1.165) is 31.2 Å². The van der Waals surface area contributed by atoms with Crippen LogP contribution in [-0.4, -0.2) is 76.8 Å². The Hall–Kier alpha value is -3.64. The van der Waals surface area contributed by atoms with E-state index in [1.165, 1.54) is 4.90 Å². The summed E-state index contributed by atoms with van der Waals surface area (Å²) in [5, 5.41) is 11.7. The van der Waals surface area contributed by atoms with Crippen LogP contribution in [0.5, 0.6) is 0 Å². The van der Waals surface area contributed by atoms with Crippen molar-refractivity contribution < 1.29 is 28.8 Å². The van der Waals surface area contributed by atoms with Crippen LogP contribution in [0.1, 0.15) is 78.2 Å². The lowest BCUT2D eigenvalue weighted by molar-refractivity contribution is -0.144. The van der Waals surface area contributed by atoms with Gasteiger partial charge >= 0.3 is 6.03 Å². The third kappa shape index (κ3) is 7.96. The summed E-state index contributed by atoms with van der Waals surface area (Å²) in [6.07, 6.45) is 6.16. The topological polar surface area (TPSA) is 158 Å². The van der Waals surface area contributed by atoms with Gasteiger partial charge < -0.3 is 26.2 Å². The van der Waals surface area contributed by atoms with Crippen molar-refractivity contribution in [2.45, 2.75) is 108 Å². The summed E-state index contributed by atoms with van der Waals surface area (Å²) < 4.78 is 0. The first kappa shape index (κ1) is 32.7. The fraction of sp³-hybridized carbons (Fsp3) is 0.594. The number of nitrogens with one attached hydrogen (secondary N) is 5.